The van der Waals surface area contributed by atoms with Gasteiger partial charge in [0.15, 0.2) is 5.13 Å². The molecule has 0 aliphatic rings. The van der Waals surface area contributed by atoms with Crippen LogP contribution in [0.15, 0.2) is 59.1 Å². The van der Waals surface area contributed by atoms with Gasteiger partial charge in [-0.3, -0.25) is 9.69 Å². The molecule has 0 N–H and O–H groups in total. The van der Waals surface area contributed by atoms with Crippen LogP contribution in [0.5, 0.6) is 0 Å². The van der Waals surface area contributed by atoms with Crippen LogP contribution in [0.4, 0.5) is 15.2 Å². The van der Waals surface area contributed by atoms with Gasteiger partial charge in [0.2, 0.25) is 11.1 Å². The van der Waals surface area contributed by atoms with E-state index in [1.807, 2.05) is 17.5 Å². The molecule has 1 amide bonds. The van der Waals surface area contributed by atoms with Crippen LogP contribution in [0, 0.1) is 5.82 Å². The highest BCUT2D eigenvalue weighted by molar-refractivity contribution is 7.98. The number of thioether (sulfide) groups is 1. The molecule has 10 heteroatoms. The molecule has 7 nitrogen and oxygen atoms in total. The van der Waals surface area contributed by atoms with Crippen LogP contribution in [-0.4, -0.2) is 31.1 Å². The third-order valence-electron chi connectivity index (χ3n) is 4.73. The molecule has 4 rings (SSSR count). The Kier molecular flexibility index (Phi) is 6.61. The lowest BCUT2D eigenvalue weighted by Crippen LogP contribution is -2.23. The van der Waals surface area contributed by atoms with Gasteiger partial charge in [0.05, 0.1) is 17.1 Å². The van der Waals surface area contributed by atoms with Crippen molar-refractivity contribution in [3.05, 3.63) is 71.0 Å². The number of halogens is 1. The van der Waals surface area contributed by atoms with E-state index in [1.54, 1.807) is 22.9 Å². The van der Waals surface area contributed by atoms with Gasteiger partial charge in [0.25, 0.3) is 0 Å². The van der Waals surface area contributed by atoms with E-state index in [0.717, 1.165) is 11.4 Å². The van der Waals surface area contributed by atoms with Crippen LogP contribution in [0.3, 0.4) is 0 Å². The molecule has 2 heterocycles. The van der Waals surface area contributed by atoms with E-state index in [4.69, 9.17) is 0 Å². The predicted molar refractivity (Wildman–Crippen MR) is 124 cm³/mol. The minimum absolute atomic E-state index is 0.183. The summed E-state index contributed by atoms with van der Waals surface area (Å²) in [5, 5.41) is 14.9. The molecule has 164 valence electrons. The van der Waals surface area contributed by atoms with Crippen molar-refractivity contribution in [3.8, 4) is 5.69 Å². The first-order valence-electron chi connectivity index (χ1n) is 9.95. The predicted octanol–water partition coefficient (Wildman–Crippen LogP) is 5.36. The SMILES string of the molecule is CC(=O)N(c1nc(CSc2nnnn2-c2ccc(C(C)C)cc2)cs1)c1ccccc1F. The molecule has 0 atom stereocenters. The lowest BCUT2D eigenvalue weighted by Gasteiger charge is -2.18. The molecule has 0 saturated carbocycles. The van der Waals surface area contributed by atoms with Crippen LogP contribution in [0.2, 0.25) is 0 Å². The number of rotatable bonds is 7. The number of nitrogens with zero attached hydrogens (tertiary/aromatic N) is 6. The number of hydrogen-bond donors (Lipinski definition) is 0. The fraction of sp³-hybridized carbons (Fsp3) is 0.227. The Morgan fingerprint density at radius 2 is 1.94 bits per heavy atom. The van der Waals surface area contributed by atoms with Gasteiger partial charge in [-0.2, -0.15) is 4.68 Å². The number of thiazole rings is 1. The Morgan fingerprint density at radius 1 is 1.19 bits per heavy atom. The second-order valence-electron chi connectivity index (χ2n) is 7.34. The average Bonchev–Trinajstić information content (AvgIpc) is 3.43. The zero-order valence-corrected chi connectivity index (χ0v) is 19.4. The second kappa shape index (κ2) is 9.58. The number of amides is 1. The van der Waals surface area contributed by atoms with Crippen molar-refractivity contribution in [2.45, 2.75) is 37.6 Å². The molecule has 0 radical (unpaired) electrons. The van der Waals surface area contributed by atoms with Crippen molar-refractivity contribution in [2.75, 3.05) is 4.90 Å². The molecule has 0 saturated heterocycles. The highest BCUT2D eigenvalue weighted by atomic mass is 32.2. The van der Waals surface area contributed by atoms with E-state index >= 15 is 0 Å². The van der Waals surface area contributed by atoms with Gasteiger partial charge in [-0.1, -0.05) is 49.9 Å². The zero-order chi connectivity index (χ0) is 22.7. The molecule has 4 aromatic rings. The standard InChI is InChI=1S/C22H21FN6OS2/c1-14(2)16-8-10-18(11-9-16)29-22(25-26-27-29)32-13-17-12-31-21(24-17)28(15(3)30)20-7-5-4-6-19(20)23/h4-12,14H,13H2,1-3H3. The van der Waals surface area contributed by atoms with Gasteiger partial charge in [-0.05, 0) is 46.2 Å². The Hall–Kier alpha value is -3.11. The van der Waals surface area contributed by atoms with Gasteiger partial charge in [0.1, 0.15) is 5.82 Å². The summed E-state index contributed by atoms with van der Waals surface area (Å²) in [4.78, 5) is 18.0. The molecule has 0 aliphatic carbocycles. The van der Waals surface area contributed by atoms with Crippen molar-refractivity contribution in [1.29, 1.82) is 0 Å². The summed E-state index contributed by atoms with van der Waals surface area (Å²) in [6.07, 6.45) is 0. The maximum Gasteiger partial charge on any atom is 0.230 e. The second-order valence-corrected chi connectivity index (χ2v) is 9.11. The molecule has 0 aliphatic heterocycles. The topological polar surface area (TPSA) is 76.8 Å². The summed E-state index contributed by atoms with van der Waals surface area (Å²) in [5.41, 5.74) is 3.06. The number of tetrazole rings is 1. The van der Waals surface area contributed by atoms with Crippen molar-refractivity contribution < 1.29 is 9.18 Å². The van der Waals surface area contributed by atoms with Gasteiger partial charge < -0.3 is 0 Å². The maximum absolute atomic E-state index is 14.3. The van der Waals surface area contributed by atoms with Crippen LogP contribution >= 0.6 is 23.1 Å². The van der Waals surface area contributed by atoms with Crippen LogP contribution in [0.25, 0.3) is 5.69 Å². The number of carbonyl (C=O) groups is 1. The van der Waals surface area contributed by atoms with E-state index in [1.165, 1.54) is 46.6 Å². The van der Waals surface area contributed by atoms with E-state index in [-0.39, 0.29) is 11.6 Å². The number of anilines is 2. The lowest BCUT2D eigenvalue weighted by molar-refractivity contribution is -0.115. The number of benzene rings is 2. The highest BCUT2D eigenvalue weighted by Crippen LogP contribution is 2.32. The van der Waals surface area contributed by atoms with Gasteiger partial charge in [-0.25, -0.2) is 9.37 Å². The molecular weight excluding hydrogens is 447 g/mol. The molecule has 32 heavy (non-hydrogen) atoms. The van der Waals surface area contributed by atoms with Crippen molar-refractivity contribution in [3.63, 3.8) is 0 Å². The highest BCUT2D eigenvalue weighted by Gasteiger charge is 2.21. The molecule has 2 aromatic carbocycles. The molecule has 0 spiro atoms. The first-order chi connectivity index (χ1) is 15.4. The first-order valence-corrected chi connectivity index (χ1v) is 11.8. The Labute approximate surface area is 193 Å². The van der Waals surface area contributed by atoms with Crippen molar-refractivity contribution in [1.82, 2.24) is 25.2 Å². The summed E-state index contributed by atoms with van der Waals surface area (Å²) in [6.45, 7) is 5.69. The third kappa shape index (κ3) is 4.71. The smallest absolute Gasteiger partial charge is 0.230 e. The van der Waals surface area contributed by atoms with Gasteiger partial charge >= 0.3 is 0 Å². The first kappa shape index (κ1) is 22.1. The zero-order valence-electron chi connectivity index (χ0n) is 17.8. The van der Waals surface area contributed by atoms with Crippen LogP contribution in [0.1, 0.15) is 37.9 Å². The van der Waals surface area contributed by atoms with E-state index in [0.29, 0.717) is 22.0 Å². The lowest BCUT2D eigenvalue weighted by atomic mass is 10.0. The minimum Gasteiger partial charge on any atom is -0.274 e. The molecule has 0 unspecified atom stereocenters. The summed E-state index contributed by atoms with van der Waals surface area (Å²) >= 11 is 2.73. The normalized spacial score (nSPS) is 11.2. The fourth-order valence-corrected chi connectivity index (χ4v) is 4.84. The van der Waals surface area contributed by atoms with Gasteiger partial charge in [-0.15, -0.1) is 16.4 Å². The summed E-state index contributed by atoms with van der Waals surface area (Å²) in [7, 11) is 0. The van der Waals surface area contributed by atoms with Crippen LogP contribution in [-0.2, 0) is 10.5 Å². The molecule has 0 fully saturated rings. The number of hydrogen-bond acceptors (Lipinski definition) is 7. The Balaban J connectivity index is 1.50. The van der Waals surface area contributed by atoms with E-state index in [9.17, 15) is 9.18 Å². The quantitative estimate of drug-likeness (QED) is 0.340. The summed E-state index contributed by atoms with van der Waals surface area (Å²) in [6, 6.07) is 14.3. The summed E-state index contributed by atoms with van der Waals surface area (Å²) in [5.74, 6) is 0.169. The number of aromatic nitrogens is 5. The minimum atomic E-state index is -0.475. The summed E-state index contributed by atoms with van der Waals surface area (Å²) < 4.78 is 15.9. The van der Waals surface area contributed by atoms with E-state index < -0.39 is 5.82 Å². The van der Waals surface area contributed by atoms with Crippen molar-refractivity contribution >= 4 is 39.8 Å². The van der Waals surface area contributed by atoms with Crippen LogP contribution < -0.4 is 4.90 Å². The molecular formula is C22H21FN6OS2. The third-order valence-corrected chi connectivity index (χ3v) is 6.56. The van der Waals surface area contributed by atoms with Gasteiger partial charge in [0, 0.05) is 18.1 Å². The maximum atomic E-state index is 14.3. The number of carbonyl (C=O) groups excluding carboxylic acids is 1. The Bertz CT molecular complexity index is 1220. The average molecular weight is 469 g/mol. The van der Waals surface area contributed by atoms with Crippen molar-refractivity contribution in [2.24, 2.45) is 0 Å². The fourth-order valence-electron chi connectivity index (χ4n) is 3.08. The number of para-hydroxylation sites is 1. The Morgan fingerprint density at radius 3 is 2.62 bits per heavy atom. The molecule has 2 aromatic heterocycles. The molecule has 0 bridgehead atoms. The monoisotopic (exact) mass is 468 g/mol. The largest absolute Gasteiger partial charge is 0.274 e. The van der Waals surface area contributed by atoms with E-state index in [2.05, 4.69) is 46.5 Å².